The molecular formula is C30H33N3O11. The van der Waals surface area contributed by atoms with Crippen molar-refractivity contribution in [3.63, 3.8) is 0 Å². The Morgan fingerprint density at radius 2 is 1.34 bits per heavy atom. The molecule has 0 saturated carbocycles. The summed E-state index contributed by atoms with van der Waals surface area (Å²) in [6.45, 7) is 0.144. The molecule has 1 aliphatic rings. The minimum atomic E-state index is -1.47. The van der Waals surface area contributed by atoms with Crippen molar-refractivity contribution in [3.05, 3.63) is 71.3 Å². The molecule has 14 nitrogen and oxygen atoms in total. The van der Waals surface area contributed by atoms with Gasteiger partial charge in [0.05, 0.1) is 38.6 Å². The van der Waals surface area contributed by atoms with E-state index in [0.717, 1.165) is 24.7 Å². The van der Waals surface area contributed by atoms with Crippen LogP contribution in [0, 0.1) is 0 Å². The predicted molar refractivity (Wildman–Crippen MR) is 151 cm³/mol. The number of fused-ring (bicyclic) bond motifs is 1. The number of hydrogen-bond donors (Lipinski definition) is 2. The molecule has 3 atom stereocenters. The first-order chi connectivity index (χ1) is 21.1. The number of benzene rings is 2. The number of nitrogens with zero attached hydrogens (tertiary/aromatic N) is 1. The molecule has 44 heavy (non-hydrogen) atoms. The molecule has 4 amide bonds. The molecule has 2 N–H and O–H groups in total. The number of carbonyl (C=O) groups excluding carboxylic acids is 7. The topological polar surface area (TPSA) is 184 Å². The van der Waals surface area contributed by atoms with E-state index in [2.05, 4.69) is 10.6 Å². The van der Waals surface area contributed by atoms with Crippen LogP contribution in [0.5, 0.6) is 0 Å². The van der Waals surface area contributed by atoms with Gasteiger partial charge in [0, 0.05) is 13.3 Å². The molecule has 1 aliphatic heterocycles. The van der Waals surface area contributed by atoms with Crippen LogP contribution in [0.15, 0.2) is 54.6 Å². The number of imide groups is 1. The van der Waals surface area contributed by atoms with Gasteiger partial charge in [-0.25, -0.2) is 14.4 Å². The maximum Gasteiger partial charge on any atom is 0.331 e. The van der Waals surface area contributed by atoms with Gasteiger partial charge in [-0.05, 0) is 24.1 Å². The molecule has 3 rings (SSSR count). The maximum absolute atomic E-state index is 12.9. The summed E-state index contributed by atoms with van der Waals surface area (Å²) in [6.07, 6.45) is -0.434. The van der Waals surface area contributed by atoms with Crippen molar-refractivity contribution in [2.24, 2.45) is 0 Å². The molecule has 0 radical (unpaired) electrons. The zero-order valence-corrected chi connectivity index (χ0v) is 24.4. The van der Waals surface area contributed by atoms with E-state index >= 15 is 0 Å². The van der Waals surface area contributed by atoms with Crippen LogP contribution in [0.1, 0.15) is 46.0 Å². The fourth-order valence-electron chi connectivity index (χ4n) is 4.35. The standard InChI is InChI=1S/C30H33N3O11/c1-18(34)31-22(29(39)44-15-19-9-5-4-6-10-19)13-14-25(35)32-23(28(38)41-2)16-43-17-24(30(40)42-3)33-26(36)20-11-7-8-12-21(20)27(33)37/h4-12,22-24H,13-17H2,1-3H3,(H,31,34)(H,32,35)/t22-,23+,24-/m1/s1. The Hall–Kier alpha value is -5.11. The van der Waals surface area contributed by atoms with Crippen molar-refractivity contribution in [2.75, 3.05) is 27.4 Å². The first kappa shape index (κ1) is 33.4. The first-order valence-electron chi connectivity index (χ1n) is 13.5. The van der Waals surface area contributed by atoms with Crippen LogP contribution in [0.2, 0.25) is 0 Å². The lowest BCUT2D eigenvalue weighted by Gasteiger charge is -2.25. The van der Waals surface area contributed by atoms with Crippen LogP contribution in [0.4, 0.5) is 0 Å². The average Bonchev–Trinajstić information content (AvgIpc) is 3.28. The number of hydrogen-bond acceptors (Lipinski definition) is 11. The van der Waals surface area contributed by atoms with Gasteiger partial charge in [-0.3, -0.25) is 24.1 Å². The van der Waals surface area contributed by atoms with Gasteiger partial charge in [-0.15, -0.1) is 0 Å². The number of amides is 4. The average molecular weight is 612 g/mol. The van der Waals surface area contributed by atoms with Crippen molar-refractivity contribution in [2.45, 2.75) is 44.5 Å². The molecule has 0 spiro atoms. The van der Waals surface area contributed by atoms with Gasteiger partial charge in [-0.2, -0.15) is 0 Å². The molecule has 0 bridgehead atoms. The summed E-state index contributed by atoms with van der Waals surface area (Å²) in [5.74, 6) is -5.16. The lowest BCUT2D eigenvalue weighted by molar-refractivity contribution is -0.151. The van der Waals surface area contributed by atoms with Gasteiger partial charge in [0.1, 0.15) is 12.6 Å². The zero-order valence-electron chi connectivity index (χ0n) is 24.4. The SMILES string of the molecule is COC(=O)[C@H](COC[C@H](C(=O)OC)N1C(=O)c2ccccc2C1=O)NC(=O)CC[C@@H](NC(C)=O)C(=O)OCc1ccccc1. The molecular weight excluding hydrogens is 578 g/mol. The molecule has 0 unspecified atom stereocenters. The highest BCUT2D eigenvalue weighted by atomic mass is 16.5. The molecule has 2 aromatic carbocycles. The lowest BCUT2D eigenvalue weighted by atomic mass is 10.1. The first-order valence-corrected chi connectivity index (χ1v) is 13.5. The maximum atomic E-state index is 12.9. The summed E-state index contributed by atoms with van der Waals surface area (Å²) in [5.41, 5.74) is 0.971. The lowest BCUT2D eigenvalue weighted by Crippen LogP contribution is -2.50. The third kappa shape index (κ3) is 8.70. The van der Waals surface area contributed by atoms with Crippen LogP contribution in [-0.2, 0) is 49.5 Å². The second-order valence-corrected chi connectivity index (χ2v) is 9.63. The Labute approximate surface area is 252 Å². The van der Waals surface area contributed by atoms with E-state index in [4.69, 9.17) is 18.9 Å². The third-order valence-corrected chi connectivity index (χ3v) is 6.54. The highest BCUT2D eigenvalue weighted by Gasteiger charge is 2.43. The molecule has 0 saturated heterocycles. The van der Waals surface area contributed by atoms with Gasteiger partial charge in [-0.1, -0.05) is 42.5 Å². The van der Waals surface area contributed by atoms with E-state index in [1.807, 2.05) is 6.07 Å². The summed E-state index contributed by atoms with van der Waals surface area (Å²) >= 11 is 0. The van der Waals surface area contributed by atoms with E-state index in [-0.39, 0.29) is 30.6 Å². The summed E-state index contributed by atoms with van der Waals surface area (Å²) in [6, 6.07) is 11.0. The fourth-order valence-corrected chi connectivity index (χ4v) is 4.35. The molecule has 0 fully saturated rings. The number of methoxy groups -OCH3 is 2. The van der Waals surface area contributed by atoms with E-state index < -0.39 is 72.9 Å². The number of carbonyl (C=O) groups is 7. The molecule has 1 heterocycles. The zero-order chi connectivity index (χ0) is 32.2. The highest BCUT2D eigenvalue weighted by Crippen LogP contribution is 2.25. The number of nitrogens with one attached hydrogen (secondary N) is 2. The number of ether oxygens (including phenoxy) is 4. The van der Waals surface area contributed by atoms with Gasteiger partial charge in [0.15, 0.2) is 12.1 Å². The summed E-state index contributed by atoms with van der Waals surface area (Å²) in [5, 5.41) is 4.87. The second-order valence-electron chi connectivity index (χ2n) is 9.63. The molecule has 0 aliphatic carbocycles. The Morgan fingerprint density at radius 1 is 0.750 bits per heavy atom. The van der Waals surface area contributed by atoms with Crippen molar-refractivity contribution in [1.82, 2.24) is 15.5 Å². The monoisotopic (exact) mass is 611 g/mol. The predicted octanol–water partition coefficient (Wildman–Crippen LogP) is 0.527. The third-order valence-electron chi connectivity index (χ3n) is 6.54. The van der Waals surface area contributed by atoms with E-state index in [0.29, 0.717) is 0 Å². The van der Waals surface area contributed by atoms with Crippen LogP contribution < -0.4 is 10.6 Å². The quantitative estimate of drug-likeness (QED) is 0.163. The largest absolute Gasteiger partial charge is 0.467 e. The number of rotatable bonds is 15. The summed E-state index contributed by atoms with van der Waals surface area (Å²) in [4.78, 5) is 88.3. The van der Waals surface area contributed by atoms with Crippen LogP contribution in [-0.4, -0.2) is 92.0 Å². The molecule has 0 aromatic heterocycles. The van der Waals surface area contributed by atoms with Crippen LogP contribution >= 0.6 is 0 Å². The Morgan fingerprint density at radius 3 is 1.91 bits per heavy atom. The number of esters is 3. The van der Waals surface area contributed by atoms with Crippen molar-refractivity contribution < 1.29 is 52.5 Å². The van der Waals surface area contributed by atoms with Crippen LogP contribution in [0.3, 0.4) is 0 Å². The fraction of sp³-hybridized carbons (Fsp3) is 0.367. The molecule has 2 aromatic rings. The Kier molecular flexibility index (Phi) is 12.1. The normalized spacial score (nSPS) is 14.1. The molecule has 234 valence electrons. The van der Waals surface area contributed by atoms with Crippen molar-refractivity contribution >= 4 is 41.5 Å². The Balaban J connectivity index is 1.59. The minimum absolute atomic E-state index is 0.0308. The summed E-state index contributed by atoms with van der Waals surface area (Å²) in [7, 11) is 2.17. The summed E-state index contributed by atoms with van der Waals surface area (Å²) < 4.78 is 20.3. The van der Waals surface area contributed by atoms with Crippen LogP contribution in [0.25, 0.3) is 0 Å². The van der Waals surface area contributed by atoms with Crippen molar-refractivity contribution in [3.8, 4) is 0 Å². The highest BCUT2D eigenvalue weighted by molar-refractivity contribution is 6.22. The van der Waals surface area contributed by atoms with Crippen molar-refractivity contribution in [1.29, 1.82) is 0 Å². The van der Waals surface area contributed by atoms with Gasteiger partial charge >= 0.3 is 17.9 Å². The Bertz CT molecular complexity index is 1360. The second kappa shape index (κ2) is 15.9. The van der Waals surface area contributed by atoms with E-state index in [1.165, 1.54) is 19.1 Å². The minimum Gasteiger partial charge on any atom is -0.467 e. The van der Waals surface area contributed by atoms with Gasteiger partial charge in [0.2, 0.25) is 11.8 Å². The van der Waals surface area contributed by atoms with E-state index in [9.17, 15) is 33.6 Å². The molecule has 14 heteroatoms. The van der Waals surface area contributed by atoms with Gasteiger partial charge in [0.25, 0.3) is 11.8 Å². The van der Waals surface area contributed by atoms with E-state index in [1.54, 1.807) is 36.4 Å². The van der Waals surface area contributed by atoms with Gasteiger partial charge < -0.3 is 29.6 Å². The smallest absolute Gasteiger partial charge is 0.331 e.